The van der Waals surface area contributed by atoms with E-state index < -0.39 is 17.6 Å². The van der Waals surface area contributed by atoms with Crippen LogP contribution in [-0.4, -0.2) is 29.9 Å². The van der Waals surface area contributed by atoms with Gasteiger partial charge in [-0.25, -0.2) is 4.98 Å². The van der Waals surface area contributed by atoms with E-state index in [0.29, 0.717) is 11.9 Å². The lowest BCUT2D eigenvalue weighted by atomic mass is 10.2. The molecule has 0 fully saturated rings. The molecule has 0 radical (unpaired) electrons. The number of anilines is 1. The Morgan fingerprint density at radius 1 is 1.38 bits per heavy atom. The molecular formula is C13H13F3N4O. The van der Waals surface area contributed by atoms with Crippen molar-refractivity contribution in [3.8, 4) is 6.07 Å². The summed E-state index contributed by atoms with van der Waals surface area (Å²) in [6.45, 7) is 1.58. The van der Waals surface area contributed by atoms with Crippen LogP contribution in [0.4, 0.5) is 19.0 Å². The molecule has 8 heteroatoms. The number of carbonyl (C=O) groups is 1. The number of carbonyl (C=O) groups excluding carboxylic acids is 1. The zero-order valence-electron chi connectivity index (χ0n) is 11.6. The van der Waals surface area contributed by atoms with Gasteiger partial charge in [-0.05, 0) is 19.1 Å². The van der Waals surface area contributed by atoms with E-state index in [0.717, 1.165) is 12.1 Å². The van der Waals surface area contributed by atoms with Crippen LogP contribution in [0, 0.1) is 11.3 Å². The van der Waals surface area contributed by atoms with Crippen LogP contribution in [-0.2, 0) is 11.0 Å². The summed E-state index contributed by atoms with van der Waals surface area (Å²) in [4.78, 5) is 17.0. The lowest BCUT2D eigenvalue weighted by Crippen LogP contribution is -2.20. The number of nitrogens with zero attached hydrogens (tertiary/aromatic N) is 3. The molecule has 0 atom stereocenters. The van der Waals surface area contributed by atoms with Gasteiger partial charge in [0.25, 0.3) is 5.91 Å². The van der Waals surface area contributed by atoms with Crippen LogP contribution in [0.5, 0.6) is 0 Å². The van der Waals surface area contributed by atoms with Gasteiger partial charge in [-0.1, -0.05) is 0 Å². The summed E-state index contributed by atoms with van der Waals surface area (Å²) >= 11 is 0. The fourth-order valence-electron chi connectivity index (χ4n) is 1.33. The predicted molar refractivity (Wildman–Crippen MR) is 69.9 cm³/mol. The van der Waals surface area contributed by atoms with E-state index in [1.807, 2.05) is 0 Å². The zero-order valence-corrected chi connectivity index (χ0v) is 11.6. The highest BCUT2D eigenvalue weighted by atomic mass is 19.4. The number of alkyl halides is 3. The Bertz CT molecular complexity index is 597. The Hall–Kier alpha value is -2.56. The van der Waals surface area contributed by atoms with E-state index in [1.54, 1.807) is 32.0 Å². The van der Waals surface area contributed by atoms with Crippen molar-refractivity contribution >= 4 is 11.7 Å². The van der Waals surface area contributed by atoms with Crippen molar-refractivity contribution in [1.29, 1.82) is 5.26 Å². The average Bonchev–Trinajstić information content (AvgIpc) is 2.38. The number of nitriles is 1. The highest BCUT2D eigenvalue weighted by molar-refractivity contribution is 6.06. The quantitative estimate of drug-likeness (QED) is 0.687. The van der Waals surface area contributed by atoms with Crippen LogP contribution >= 0.6 is 0 Å². The zero-order chi connectivity index (χ0) is 16.2. The highest BCUT2D eigenvalue weighted by Crippen LogP contribution is 2.28. The Morgan fingerprint density at radius 3 is 2.38 bits per heavy atom. The third kappa shape index (κ3) is 4.21. The number of aromatic nitrogens is 1. The van der Waals surface area contributed by atoms with Crippen molar-refractivity contribution in [2.24, 2.45) is 0 Å². The van der Waals surface area contributed by atoms with E-state index >= 15 is 0 Å². The van der Waals surface area contributed by atoms with Gasteiger partial charge >= 0.3 is 6.18 Å². The number of halogens is 3. The lowest BCUT2D eigenvalue weighted by molar-refractivity contribution is -0.137. The Morgan fingerprint density at radius 2 is 2.00 bits per heavy atom. The van der Waals surface area contributed by atoms with Gasteiger partial charge in [-0.3, -0.25) is 4.79 Å². The van der Waals surface area contributed by atoms with Crippen LogP contribution in [0.1, 0.15) is 12.5 Å². The molecule has 1 N–H and O–H groups in total. The second-order valence-electron chi connectivity index (χ2n) is 4.35. The van der Waals surface area contributed by atoms with Crippen molar-refractivity contribution in [1.82, 2.24) is 9.88 Å². The van der Waals surface area contributed by atoms with E-state index in [4.69, 9.17) is 5.26 Å². The molecule has 1 rings (SSSR count). The molecule has 1 aromatic heterocycles. The summed E-state index contributed by atoms with van der Waals surface area (Å²) in [6, 6.07) is 3.59. The van der Waals surface area contributed by atoms with Crippen LogP contribution in [0.2, 0.25) is 0 Å². The topological polar surface area (TPSA) is 69.0 Å². The highest BCUT2D eigenvalue weighted by Gasteiger charge is 2.30. The molecule has 1 amide bonds. The molecular weight excluding hydrogens is 285 g/mol. The molecule has 21 heavy (non-hydrogen) atoms. The minimum Gasteiger partial charge on any atom is -0.380 e. The lowest BCUT2D eigenvalue weighted by Gasteiger charge is -2.14. The first-order valence-corrected chi connectivity index (χ1v) is 5.79. The maximum absolute atomic E-state index is 12.4. The van der Waals surface area contributed by atoms with Gasteiger partial charge in [0.1, 0.15) is 17.5 Å². The molecule has 1 aromatic rings. The minimum absolute atomic E-state index is 0.0627. The number of nitrogens with one attached hydrogen (secondary N) is 1. The fourth-order valence-corrected chi connectivity index (χ4v) is 1.33. The summed E-state index contributed by atoms with van der Waals surface area (Å²) in [7, 11) is 3.33. The standard InChI is InChI=1S/C13H13F3N4O/c1-8(20(2)3)10(6-17)12(21)19-11-5-4-9(7-18-11)13(14,15)16/h4-5,7H,1-3H3,(H,18,19,21). The number of allylic oxidation sites excluding steroid dienone is 1. The van der Waals surface area contributed by atoms with Crippen molar-refractivity contribution in [3.63, 3.8) is 0 Å². The van der Waals surface area contributed by atoms with Crippen molar-refractivity contribution < 1.29 is 18.0 Å². The molecule has 0 saturated heterocycles. The molecule has 0 aromatic carbocycles. The first kappa shape index (κ1) is 16.5. The summed E-state index contributed by atoms with van der Waals surface area (Å²) in [5.74, 6) is -0.789. The maximum Gasteiger partial charge on any atom is 0.417 e. The Balaban J connectivity index is 2.94. The van der Waals surface area contributed by atoms with E-state index in [2.05, 4.69) is 10.3 Å². The molecule has 0 bridgehead atoms. The van der Waals surface area contributed by atoms with E-state index in [9.17, 15) is 18.0 Å². The van der Waals surface area contributed by atoms with E-state index in [-0.39, 0.29) is 11.4 Å². The summed E-state index contributed by atoms with van der Waals surface area (Å²) in [5.41, 5.74) is -0.621. The third-order valence-electron chi connectivity index (χ3n) is 2.70. The molecule has 112 valence electrons. The first-order valence-electron chi connectivity index (χ1n) is 5.79. The van der Waals surface area contributed by atoms with E-state index in [1.165, 1.54) is 0 Å². The number of hydrogen-bond donors (Lipinski definition) is 1. The second-order valence-corrected chi connectivity index (χ2v) is 4.35. The third-order valence-corrected chi connectivity index (χ3v) is 2.70. The van der Waals surface area contributed by atoms with Gasteiger partial charge in [0.2, 0.25) is 0 Å². The smallest absolute Gasteiger partial charge is 0.380 e. The van der Waals surface area contributed by atoms with Gasteiger partial charge in [0.15, 0.2) is 0 Å². The summed E-state index contributed by atoms with van der Waals surface area (Å²) in [5, 5.41) is 11.3. The van der Waals surface area contributed by atoms with Crippen LogP contribution in [0.15, 0.2) is 29.6 Å². The van der Waals surface area contributed by atoms with Gasteiger partial charge < -0.3 is 10.2 Å². The van der Waals surface area contributed by atoms with Crippen molar-refractivity contribution in [3.05, 3.63) is 35.2 Å². The van der Waals surface area contributed by atoms with Crippen molar-refractivity contribution in [2.75, 3.05) is 19.4 Å². The molecule has 0 saturated carbocycles. The molecule has 0 aliphatic carbocycles. The largest absolute Gasteiger partial charge is 0.417 e. The average molecular weight is 298 g/mol. The predicted octanol–water partition coefficient (Wildman–Crippen LogP) is 2.40. The van der Waals surface area contributed by atoms with Crippen LogP contribution < -0.4 is 5.32 Å². The Kier molecular flexibility index (Phi) is 4.92. The normalized spacial score (nSPS) is 12.2. The van der Waals surface area contributed by atoms with Gasteiger partial charge in [-0.15, -0.1) is 0 Å². The Labute approximate surface area is 119 Å². The molecule has 5 nitrogen and oxygen atoms in total. The number of rotatable bonds is 3. The fraction of sp³-hybridized carbons (Fsp3) is 0.308. The van der Waals surface area contributed by atoms with Crippen LogP contribution in [0.25, 0.3) is 0 Å². The molecule has 0 aliphatic heterocycles. The second kappa shape index (κ2) is 6.26. The first-order chi connectivity index (χ1) is 9.66. The van der Waals surface area contributed by atoms with Crippen LogP contribution in [0.3, 0.4) is 0 Å². The monoisotopic (exact) mass is 298 g/mol. The van der Waals surface area contributed by atoms with Crippen molar-refractivity contribution in [2.45, 2.75) is 13.1 Å². The summed E-state index contributed by atoms with van der Waals surface area (Å²) < 4.78 is 37.1. The molecule has 0 unspecified atom stereocenters. The maximum atomic E-state index is 12.4. The number of hydrogen-bond acceptors (Lipinski definition) is 4. The number of pyridine rings is 1. The minimum atomic E-state index is -4.49. The summed E-state index contributed by atoms with van der Waals surface area (Å²) in [6.07, 6.45) is -3.88. The van der Waals surface area contributed by atoms with Gasteiger partial charge in [0, 0.05) is 26.0 Å². The molecule has 1 heterocycles. The molecule has 0 aliphatic rings. The number of amides is 1. The molecule has 0 spiro atoms. The van der Waals surface area contributed by atoms with Gasteiger partial charge in [0.05, 0.1) is 5.56 Å². The SMILES string of the molecule is CC(=C(C#N)C(=O)Nc1ccc(C(F)(F)F)cn1)N(C)C. The van der Waals surface area contributed by atoms with Gasteiger partial charge in [-0.2, -0.15) is 18.4 Å².